The van der Waals surface area contributed by atoms with Gasteiger partial charge in [-0.3, -0.25) is 14.6 Å². The van der Waals surface area contributed by atoms with E-state index in [1.807, 2.05) is 49.4 Å². The number of pyridine rings is 1. The molecule has 1 fully saturated rings. The van der Waals surface area contributed by atoms with E-state index in [0.717, 1.165) is 36.8 Å². The zero-order valence-electron chi connectivity index (χ0n) is 19.4. The molecule has 1 heterocycles. The van der Waals surface area contributed by atoms with Crippen LogP contribution in [0.4, 0.5) is 0 Å². The topological polar surface area (TPSA) is 62.3 Å². The van der Waals surface area contributed by atoms with Crippen molar-refractivity contribution in [3.05, 3.63) is 100 Å². The molecule has 1 N–H and O–H groups in total. The number of carbonyl (C=O) groups is 2. The first-order chi connectivity index (χ1) is 16.5. The average molecular weight is 476 g/mol. The van der Waals surface area contributed by atoms with Crippen LogP contribution >= 0.6 is 11.6 Å². The molecule has 1 aliphatic carbocycles. The van der Waals surface area contributed by atoms with Crippen LogP contribution < -0.4 is 5.32 Å². The fraction of sp³-hybridized carbons (Fsp3) is 0.321. The summed E-state index contributed by atoms with van der Waals surface area (Å²) in [6, 6.07) is 19.7. The average Bonchev–Trinajstić information content (AvgIpc) is 2.86. The summed E-state index contributed by atoms with van der Waals surface area (Å²) in [6.07, 6.45) is 6.88. The summed E-state index contributed by atoms with van der Waals surface area (Å²) < 4.78 is 0. The van der Waals surface area contributed by atoms with Crippen LogP contribution in [0.2, 0.25) is 5.02 Å². The largest absolute Gasteiger partial charge is 0.351 e. The molecule has 1 unspecified atom stereocenters. The van der Waals surface area contributed by atoms with Crippen molar-refractivity contribution in [3.8, 4) is 0 Å². The Morgan fingerprint density at radius 3 is 2.38 bits per heavy atom. The first-order valence-electron chi connectivity index (χ1n) is 11.9. The Labute approximate surface area is 206 Å². The molecule has 1 aromatic heterocycles. The van der Waals surface area contributed by atoms with Gasteiger partial charge in [-0.25, -0.2) is 0 Å². The maximum Gasteiger partial charge on any atom is 0.273 e. The molecule has 0 radical (unpaired) electrons. The van der Waals surface area contributed by atoms with Gasteiger partial charge in [0.1, 0.15) is 11.7 Å². The predicted octanol–water partition coefficient (Wildman–Crippen LogP) is 5.88. The van der Waals surface area contributed by atoms with Gasteiger partial charge in [0.2, 0.25) is 5.91 Å². The second-order valence-electron chi connectivity index (χ2n) is 8.90. The number of aromatic nitrogens is 1. The van der Waals surface area contributed by atoms with Gasteiger partial charge in [0.15, 0.2) is 0 Å². The molecule has 0 spiro atoms. The lowest BCUT2D eigenvalue weighted by molar-refractivity contribution is -0.127. The number of halogens is 1. The zero-order chi connectivity index (χ0) is 23.9. The van der Waals surface area contributed by atoms with Crippen LogP contribution in [0.1, 0.15) is 65.3 Å². The second kappa shape index (κ2) is 11.3. The Balaban J connectivity index is 1.75. The molecule has 1 saturated carbocycles. The molecule has 0 saturated heterocycles. The zero-order valence-corrected chi connectivity index (χ0v) is 20.2. The number of amides is 2. The highest BCUT2D eigenvalue weighted by Gasteiger charge is 2.35. The minimum atomic E-state index is -0.883. The third kappa shape index (κ3) is 5.84. The Bertz CT molecular complexity index is 1110. The fourth-order valence-electron chi connectivity index (χ4n) is 4.48. The molecule has 176 valence electrons. The number of benzene rings is 2. The van der Waals surface area contributed by atoms with Crippen LogP contribution in [0, 0.1) is 6.92 Å². The minimum Gasteiger partial charge on any atom is -0.351 e. The number of nitrogens with one attached hydrogen (secondary N) is 1. The van der Waals surface area contributed by atoms with Crippen LogP contribution in [0.25, 0.3) is 0 Å². The second-order valence-corrected chi connectivity index (χ2v) is 9.31. The normalized spacial score (nSPS) is 14.9. The van der Waals surface area contributed by atoms with Crippen molar-refractivity contribution in [2.24, 2.45) is 0 Å². The van der Waals surface area contributed by atoms with Gasteiger partial charge in [-0.05, 0) is 43.5 Å². The fourth-order valence-corrected chi connectivity index (χ4v) is 4.72. The van der Waals surface area contributed by atoms with Crippen molar-refractivity contribution >= 4 is 23.4 Å². The summed E-state index contributed by atoms with van der Waals surface area (Å²) in [5.41, 5.74) is 2.95. The number of hydrogen-bond acceptors (Lipinski definition) is 3. The predicted molar refractivity (Wildman–Crippen MR) is 134 cm³/mol. The molecule has 3 aromatic rings. The Morgan fingerprint density at radius 1 is 1.00 bits per heavy atom. The molecule has 1 aliphatic rings. The molecular formula is C28H30ClN3O2. The van der Waals surface area contributed by atoms with Crippen molar-refractivity contribution in [2.75, 3.05) is 0 Å². The third-order valence-corrected chi connectivity index (χ3v) is 6.67. The van der Waals surface area contributed by atoms with E-state index in [4.69, 9.17) is 11.6 Å². The standard InChI is InChI=1S/C28H30ClN3O2/c1-20-14-16-21(17-15-20)19-32(28(34)25-13-7-8-18-30-25)26(23-11-5-6-12-24(23)29)27(33)31-22-9-3-2-4-10-22/h5-8,11-18,22,26H,2-4,9-10,19H2,1H3,(H,31,33). The van der Waals surface area contributed by atoms with E-state index in [1.165, 1.54) is 6.42 Å². The van der Waals surface area contributed by atoms with Crippen molar-refractivity contribution < 1.29 is 9.59 Å². The number of rotatable bonds is 7. The maximum absolute atomic E-state index is 13.8. The van der Waals surface area contributed by atoms with Gasteiger partial charge in [0.05, 0.1) is 0 Å². The van der Waals surface area contributed by atoms with Gasteiger partial charge in [-0.2, -0.15) is 0 Å². The summed E-state index contributed by atoms with van der Waals surface area (Å²) in [5, 5.41) is 3.67. The van der Waals surface area contributed by atoms with Gasteiger partial charge in [0.25, 0.3) is 5.91 Å². The summed E-state index contributed by atoms with van der Waals surface area (Å²) in [5.74, 6) is -0.527. The lowest BCUT2D eigenvalue weighted by Crippen LogP contribution is -2.47. The lowest BCUT2D eigenvalue weighted by Gasteiger charge is -2.33. The van der Waals surface area contributed by atoms with Gasteiger partial charge in [-0.15, -0.1) is 0 Å². The number of carbonyl (C=O) groups excluding carboxylic acids is 2. The van der Waals surface area contributed by atoms with Crippen molar-refractivity contribution in [3.63, 3.8) is 0 Å². The Hall–Kier alpha value is -3.18. The van der Waals surface area contributed by atoms with E-state index in [0.29, 0.717) is 10.6 Å². The monoisotopic (exact) mass is 475 g/mol. The molecular weight excluding hydrogens is 446 g/mol. The van der Waals surface area contributed by atoms with Crippen LogP contribution in [0.15, 0.2) is 72.9 Å². The Morgan fingerprint density at radius 2 is 1.71 bits per heavy atom. The highest BCUT2D eigenvalue weighted by Crippen LogP contribution is 2.31. The smallest absolute Gasteiger partial charge is 0.273 e. The quantitative estimate of drug-likeness (QED) is 0.464. The van der Waals surface area contributed by atoms with Crippen LogP contribution in [-0.2, 0) is 11.3 Å². The van der Waals surface area contributed by atoms with E-state index < -0.39 is 6.04 Å². The number of aryl methyl sites for hydroxylation is 1. The summed E-state index contributed by atoms with van der Waals surface area (Å²) in [4.78, 5) is 33.4. The molecule has 0 bridgehead atoms. The SMILES string of the molecule is Cc1ccc(CN(C(=O)c2ccccn2)C(C(=O)NC2CCCCC2)c2ccccc2Cl)cc1. The van der Waals surface area contributed by atoms with Gasteiger partial charge in [0, 0.05) is 29.4 Å². The van der Waals surface area contributed by atoms with Crippen molar-refractivity contribution in [1.29, 1.82) is 0 Å². The van der Waals surface area contributed by atoms with E-state index in [2.05, 4.69) is 10.3 Å². The highest BCUT2D eigenvalue weighted by atomic mass is 35.5. The van der Waals surface area contributed by atoms with Gasteiger partial charge < -0.3 is 10.2 Å². The first kappa shape index (κ1) is 24.0. The number of nitrogens with zero attached hydrogens (tertiary/aromatic N) is 2. The van der Waals surface area contributed by atoms with Crippen molar-refractivity contribution in [1.82, 2.24) is 15.2 Å². The lowest BCUT2D eigenvalue weighted by atomic mass is 9.94. The summed E-state index contributed by atoms with van der Waals surface area (Å²) >= 11 is 6.59. The van der Waals surface area contributed by atoms with E-state index >= 15 is 0 Å². The van der Waals surface area contributed by atoms with Gasteiger partial charge >= 0.3 is 0 Å². The van der Waals surface area contributed by atoms with Crippen molar-refractivity contribution in [2.45, 2.75) is 57.7 Å². The Kier molecular flexibility index (Phi) is 7.96. The van der Waals surface area contributed by atoms with Crippen LogP contribution in [-0.4, -0.2) is 27.7 Å². The summed E-state index contributed by atoms with van der Waals surface area (Å²) in [6.45, 7) is 2.27. The molecule has 34 heavy (non-hydrogen) atoms. The minimum absolute atomic E-state index is 0.109. The van der Waals surface area contributed by atoms with Crippen LogP contribution in [0.5, 0.6) is 0 Å². The molecule has 2 amide bonds. The molecule has 4 rings (SSSR count). The first-order valence-corrected chi connectivity index (χ1v) is 12.2. The number of hydrogen-bond donors (Lipinski definition) is 1. The summed E-state index contributed by atoms with van der Waals surface area (Å²) in [7, 11) is 0. The van der Waals surface area contributed by atoms with E-state index in [1.54, 1.807) is 35.4 Å². The molecule has 0 aliphatic heterocycles. The van der Waals surface area contributed by atoms with E-state index in [-0.39, 0.29) is 30.1 Å². The highest BCUT2D eigenvalue weighted by molar-refractivity contribution is 6.31. The molecule has 1 atom stereocenters. The van der Waals surface area contributed by atoms with Gasteiger partial charge in [-0.1, -0.05) is 85.0 Å². The maximum atomic E-state index is 13.8. The van der Waals surface area contributed by atoms with Crippen LogP contribution in [0.3, 0.4) is 0 Å². The molecule has 6 heteroatoms. The molecule has 5 nitrogen and oxygen atoms in total. The third-order valence-electron chi connectivity index (χ3n) is 6.33. The molecule has 2 aromatic carbocycles. The van der Waals surface area contributed by atoms with E-state index in [9.17, 15) is 9.59 Å².